The minimum atomic E-state index is -0.134. The van der Waals surface area contributed by atoms with E-state index in [2.05, 4.69) is 35.7 Å². The standard InChI is InChI=1S/C14H21NO2/c1-12(13-8-5-4-6-9-13)15(2)11-7-10-14(16)17-3/h4-6,8-9,12H,7,10-11H2,1-3H3. The first kappa shape index (κ1) is 13.7. The molecule has 0 aliphatic carbocycles. The number of ether oxygens (including phenoxy) is 1. The molecular formula is C14H21NO2. The Hall–Kier alpha value is -1.35. The molecule has 3 heteroatoms. The molecule has 1 aromatic rings. The van der Waals surface area contributed by atoms with Crippen LogP contribution in [0.4, 0.5) is 0 Å². The van der Waals surface area contributed by atoms with Crippen LogP contribution in [-0.4, -0.2) is 31.6 Å². The highest BCUT2D eigenvalue weighted by Crippen LogP contribution is 2.18. The topological polar surface area (TPSA) is 29.5 Å². The molecule has 1 rings (SSSR count). The SMILES string of the molecule is COC(=O)CCCN(C)C(C)c1ccccc1. The molecule has 0 aromatic heterocycles. The number of rotatable bonds is 6. The van der Waals surface area contributed by atoms with E-state index in [4.69, 9.17) is 0 Å². The number of hydrogen-bond acceptors (Lipinski definition) is 3. The lowest BCUT2D eigenvalue weighted by molar-refractivity contribution is -0.140. The zero-order chi connectivity index (χ0) is 12.7. The zero-order valence-electron chi connectivity index (χ0n) is 10.8. The fourth-order valence-corrected chi connectivity index (χ4v) is 1.75. The molecule has 0 amide bonds. The molecule has 1 unspecified atom stereocenters. The molecule has 3 nitrogen and oxygen atoms in total. The molecule has 0 N–H and O–H groups in total. The summed E-state index contributed by atoms with van der Waals surface area (Å²) < 4.78 is 4.62. The minimum Gasteiger partial charge on any atom is -0.469 e. The summed E-state index contributed by atoms with van der Waals surface area (Å²) in [5, 5.41) is 0. The smallest absolute Gasteiger partial charge is 0.305 e. The molecule has 0 radical (unpaired) electrons. The van der Waals surface area contributed by atoms with Crippen molar-refractivity contribution < 1.29 is 9.53 Å². The van der Waals surface area contributed by atoms with Crippen molar-refractivity contribution in [3.05, 3.63) is 35.9 Å². The third kappa shape index (κ3) is 4.57. The van der Waals surface area contributed by atoms with Crippen molar-refractivity contribution >= 4 is 5.97 Å². The van der Waals surface area contributed by atoms with Crippen LogP contribution < -0.4 is 0 Å². The van der Waals surface area contributed by atoms with Crippen molar-refractivity contribution in [1.29, 1.82) is 0 Å². The molecule has 0 spiro atoms. The minimum absolute atomic E-state index is 0.134. The van der Waals surface area contributed by atoms with Gasteiger partial charge in [0.1, 0.15) is 0 Å². The van der Waals surface area contributed by atoms with Gasteiger partial charge >= 0.3 is 5.97 Å². The van der Waals surface area contributed by atoms with Crippen LogP contribution >= 0.6 is 0 Å². The van der Waals surface area contributed by atoms with Crippen molar-refractivity contribution in [3.8, 4) is 0 Å². The summed E-state index contributed by atoms with van der Waals surface area (Å²) in [5.74, 6) is -0.134. The summed E-state index contributed by atoms with van der Waals surface area (Å²) in [6, 6.07) is 10.7. The summed E-state index contributed by atoms with van der Waals surface area (Å²) in [7, 11) is 3.51. The van der Waals surface area contributed by atoms with Crippen LogP contribution in [0, 0.1) is 0 Å². The van der Waals surface area contributed by atoms with Gasteiger partial charge in [-0.2, -0.15) is 0 Å². The van der Waals surface area contributed by atoms with Crippen molar-refractivity contribution in [2.24, 2.45) is 0 Å². The van der Waals surface area contributed by atoms with Gasteiger partial charge in [-0.1, -0.05) is 30.3 Å². The monoisotopic (exact) mass is 235 g/mol. The Morgan fingerprint density at radius 1 is 1.35 bits per heavy atom. The maximum atomic E-state index is 11.0. The van der Waals surface area contributed by atoms with Gasteiger partial charge in [0.05, 0.1) is 7.11 Å². The van der Waals surface area contributed by atoms with Crippen LogP contribution in [0.2, 0.25) is 0 Å². The van der Waals surface area contributed by atoms with Gasteiger partial charge in [-0.25, -0.2) is 0 Å². The van der Waals surface area contributed by atoms with Gasteiger partial charge in [-0.3, -0.25) is 9.69 Å². The van der Waals surface area contributed by atoms with Gasteiger partial charge in [0, 0.05) is 12.5 Å². The van der Waals surface area contributed by atoms with E-state index in [1.54, 1.807) is 0 Å². The number of nitrogens with zero attached hydrogens (tertiary/aromatic N) is 1. The largest absolute Gasteiger partial charge is 0.469 e. The number of methoxy groups -OCH3 is 1. The molecule has 0 fully saturated rings. The Bertz CT molecular complexity index is 337. The number of hydrogen-bond donors (Lipinski definition) is 0. The first-order valence-electron chi connectivity index (χ1n) is 5.97. The van der Waals surface area contributed by atoms with Gasteiger partial charge in [-0.05, 0) is 32.5 Å². The van der Waals surface area contributed by atoms with Gasteiger partial charge in [0.2, 0.25) is 0 Å². The number of carbonyl (C=O) groups is 1. The molecule has 0 aliphatic heterocycles. The second-order valence-electron chi connectivity index (χ2n) is 4.25. The van der Waals surface area contributed by atoms with Crippen LogP contribution in [0.1, 0.15) is 31.4 Å². The number of esters is 1. The van der Waals surface area contributed by atoms with E-state index in [0.29, 0.717) is 12.5 Å². The first-order valence-corrected chi connectivity index (χ1v) is 5.97. The summed E-state index contributed by atoms with van der Waals surface area (Å²) in [6.07, 6.45) is 1.32. The summed E-state index contributed by atoms with van der Waals surface area (Å²) in [5.41, 5.74) is 1.30. The highest BCUT2D eigenvalue weighted by Gasteiger charge is 2.11. The average Bonchev–Trinajstić information content (AvgIpc) is 2.38. The van der Waals surface area contributed by atoms with Crippen molar-refractivity contribution in [3.63, 3.8) is 0 Å². The third-order valence-electron chi connectivity index (χ3n) is 3.06. The average molecular weight is 235 g/mol. The van der Waals surface area contributed by atoms with Crippen LogP contribution in [0.25, 0.3) is 0 Å². The highest BCUT2D eigenvalue weighted by atomic mass is 16.5. The lowest BCUT2D eigenvalue weighted by Crippen LogP contribution is -2.24. The Morgan fingerprint density at radius 3 is 2.59 bits per heavy atom. The first-order chi connectivity index (χ1) is 8.15. The summed E-state index contributed by atoms with van der Waals surface area (Å²) in [6.45, 7) is 3.07. The van der Waals surface area contributed by atoms with Gasteiger partial charge < -0.3 is 4.74 Å². The van der Waals surface area contributed by atoms with Crippen LogP contribution in [-0.2, 0) is 9.53 Å². The Morgan fingerprint density at radius 2 is 2.00 bits per heavy atom. The predicted octanol–water partition coefficient (Wildman–Crippen LogP) is 2.63. The Labute approximate surface area is 103 Å². The molecule has 17 heavy (non-hydrogen) atoms. The van der Waals surface area contributed by atoms with Crippen molar-refractivity contribution in [1.82, 2.24) is 4.90 Å². The van der Waals surface area contributed by atoms with E-state index in [0.717, 1.165) is 13.0 Å². The van der Waals surface area contributed by atoms with Crippen LogP contribution in [0.5, 0.6) is 0 Å². The van der Waals surface area contributed by atoms with Gasteiger partial charge in [-0.15, -0.1) is 0 Å². The van der Waals surface area contributed by atoms with E-state index in [1.807, 2.05) is 18.2 Å². The molecule has 0 saturated heterocycles. The molecule has 94 valence electrons. The quantitative estimate of drug-likeness (QED) is 0.710. The Kier molecular flexibility index (Phi) is 5.70. The molecule has 0 saturated carbocycles. The molecule has 0 heterocycles. The molecule has 0 aliphatic rings. The van der Waals surface area contributed by atoms with E-state index in [-0.39, 0.29) is 5.97 Å². The Balaban J connectivity index is 2.37. The molecule has 1 aromatic carbocycles. The van der Waals surface area contributed by atoms with E-state index < -0.39 is 0 Å². The second kappa shape index (κ2) is 7.07. The second-order valence-corrected chi connectivity index (χ2v) is 4.25. The fraction of sp³-hybridized carbons (Fsp3) is 0.500. The maximum absolute atomic E-state index is 11.0. The van der Waals surface area contributed by atoms with E-state index in [1.165, 1.54) is 12.7 Å². The zero-order valence-corrected chi connectivity index (χ0v) is 10.8. The van der Waals surface area contributed by atoms with Crippen LogP contribution in [0.15, 0.2) is 30.3 Å². The maximum Gasteiger partial charge on any atom is 0.305 e. The molecular weight excluding hydrogens is 214 g/mol. The third-order valence-corrected chi connectivity index (χ3v) is 3.06. The summed E-state index contributed by atoms with van der Waals surface area (Å²) >= 11 is 0. The van der Waals surface area contributed by atoms with Gasteiger partial charge in [0.15, 0.2) is 0 Å². The van der Waals surface area contributed by atoms with E-state index in [9.17, 15) is 4.79 Å². The normalized spacial score (nSPS) is 12.5. The predicted molar refractivity (Wildman–Crippen MR) is 68.7 cm³/mol. The summed E-state index contributed by atoms with van der Waals surface area (Å²) in [4.78, 5) is 13.2. The highest BCUT2D eigenvalue weighted by molar-refractivity contribution is 5.69. The molecule has 1 atom stereocenters. The number of carbonyl (C=O) groups excluding carboxylic acids is 1. The fourth-order valence-electron chi connectivity index (χ4n) is 1.75. The molecule has 0 bridgehead atoms. The lowest BCUT2D eigenvalue weighted by atomic mass is 10.1. The van der Waals surface area contributed by atoms with Crippen molar-refractivity contribution in [2.45, 2.75) is 25.8 Å². The van der Waals surface area contributed by atoms with E-state index >= 15 is 0 Å². The van der Waals surface area contributed by atoms with Crippen molar-refractivity contribution in [2.75, 3.05) is 20.7 Å². The lowest BCUT2D eigenvalue weighted by Gasteiger charge is -2.24. The van der Waals surface area contributed by atoms with Crippen LogP contribution in [0.3, 0.4) is 0 Å². The van der Waals surface area contributed by atoms with Gasteiger partial charge in [0.25, 0.3) is 0 Å². The number of benzene rings is 1.